The van der Waals surface area contributed by atoms with Crippen LogP contribution in [0.25, 0.3) is 0 Å². The summed E-state index contributed by atoms with van der Waals surface area (Å²) in [5.74, 6) is -1.44. The molecule has 2 N–H and O–H groups in total. The molecule has 1 amide bonds. The zero-order valence-corrected chi connectivity index (χ0v) is 10.6. The number of nitro benzene ring substituents is 1. The molecule has 0 aliphatic carbocycles. The number of primary amides is 1. The summed E-state index contributed by atoms with van der Waals surface area (Å²) in [7, 11) is 0. The Morgan fingerprint density at radius 1 is 1.60 bits per heavy atom. The number of hydrogen-bond donors (Lipinski definition) is 1. The Balaban J connectivity index is 2.22. The molecule has 8 heteroatoms. The van der Waals surface area contributed by atoms with Crippen molar-refractivity contribution in [2.75, 3.05) is 19.8 Å². The Hall–Kier alpha value is -2.06. The minimum atomic E-state index is -0.882. The number of nitrogens with zero attached hydrogens (tertiary/aromatic N) is 2. The minimum absolute atomic E-state index is 0.0739. The van der Waals surface area contributed by atoms with Gasteiger partial charge in [0.2, 0.25) is 11.7 Å². The predicted molar refractivity (Wildman–Crippen MR) is 67.3 cm³/mol. The number of ether oxygens (including phenoxy) is 1. The topological polar surface area (TPSA) is 98.7 Å². The number of carbonyl (C=O) groups is 1. The molecule has 1 unspecified atom stereocenters. The minimum Gasteiger partial charge on any atom is -0.378 e. The average Bonchev–Trinajstić information content (AvgIpc) is 2.41. The van der Waals surface area contributed by atoms with Gasteiger partial charge in [-0.25, -0.2) is 0 Å². The lowest BCUT2D eigenvalue weighted by Crippen LogP contribution is -2.51. The summed E-state index contributed by atoms with van der Waals surface area (Å²) in [4.78, 5) is 22.9. The van der Waals surface area contributed by atoms with Gasteiger partial charge in [-0.1, -0.05) is 12.1 Å². The summed E-state index contributed by atoms with van der Waals surface area (Å²) in [6, 6.07) is 3.32. The van der Waals surface area contributed by atoms with Gasteiger partial charge in [0.05, 0.1) is 18.1 Å². The largest absolute Gasteiger partial charge is 0.378 e. The molecule has 1 aliphatic heterocycles. The molecule has 20 heavy (non-hydrogen) atoms. The highest BCUT2D eigenvalue weighted by molar-refractivity contribution is 5.80. The average molecular weight is 283 g/mol. The molecule has 1 heterocycles. The van der Waals surface area contributed by atoms with Crippen molar-refractivity contribution in [3.63, 3.8) is 0 Å². The normalized spacial score (nSPS) is 19.8. The number of hydrogen-bond acceptors (Lipinski definition) is 5. The fourth-order valence-electron chi connectivity index (χ4n) is 2.14. The van der Waals surface area contributed by atoms with Gasteiger partial charge >= 0.3 is 5.69 Å². The number of carbonyl (C=O) groups excluding carboxylic acids is 1. The van der Waals surface area contributed by atoms with Gasteiger partial charge in [0.15, 0.2) is 0 Å². The van der Waals surface area contributed by atoms with E-state index >= 15 is 0 Å². The van der Waals surface area contributed by atoms with Crippen molar-refractivity contribution in [3.05, 3.63) is 39.7 Å². The van der Waals surface area contributed by atoms with E-state index in [-0.39, 0.29) is 18.7 Å². The number of rotatable bonds is 4. The monoisotopic (exact) mass is 283 g/mol. The summed E-state index contributed by atoms with van der Waals surface area (Å²) in [5.41, 5.74) is 4.85. The summed E-state index contributed by atoms with van der Waals surface area (Å²) in [6.45, 7) is 1.03. The van der Waals surface area contributed by atoms with Gasteiger partial charge in [0.25, 0.3) is 0 Å². The van der Waals surface area contributed by atoms with Crippen LogP contribution in [0.1, 0.15) is 5.56 Å². The first-order valence-electron chi connectivity index (χ1n) is 6.03. The van der Waals surface area contributed by atoms with E-state index in [1.165, 1.54) is 12.1 Å². The highest BCUT2D eigenvalue weighted by atomic mass is 19.1. The van der Waals surface area contributed by atoms with Crippen molar-refractivity contribution in [2.24, 2.45) is 5.73 Å². The van der Waals surface area contributed by atoms with Gasteiger partial charge in [-0.3, -0.25) is 19.8 Å². The maximum Gasteiger partial charge on any atom is 0.305 e. The van der Waals surface area contributed by atoms with Crippen LogP contribution < -0.4 is 5.73 Å². The third kappa shape index (κ3) is 2.91. The van der Waals surface area contributed by atoms with Crippen molar-refractivity contribution in [1.82, 2.24) is 4.90 Å². The highest BCUT2D eigenvalue weighted by Gasteiger charge is 2.29. The molecule has 7 nitrogen and oxygen atoms in total. The van der Waals surface area contributed by atoms with E-state index in [9.17, 15) is 19.3 Å². The van der Waals surface area contributed by atoms with Crippen molar-refractivity contribution in [2.45, 2.75) is 12.6 Å². The molecule has 0 spiro atoms. The first kappa shape index (κ1) is 14.4. The Morgan fingerprint density at radius 2 is 2.35 bits per heavy atom. The molecule has 108 valence electrons. The number of morpholine rings is 1. The second kappa shape index (κ2) is 5.93. The zero-order chi connectivity index (χ0) is 14.7. The number of benzene rings is 1. The molecule has 0 radical (unpaired) electrons. The lowest BCUT2D eigenvalue weighted by molar-refractivity contribution is -0.387. The van der Waals surface area contributed by atoms with Crippen molar-refractivity contribution >= 4 is 11.6 Å². The first-order chi connectivity index (χ1) is 9.50. The Morgan fingerprint density at radius 3 is 3.00 bits per heavy atom. The second-order valence-electron chi connectivity index (χ2n) is 4.47. The van der Waals surface area contributed by atoms with Gasteiger partial charge in [0.1, 0.15) is 6.04 Å². The molecular formula is C12H14FN3O4. The van der Waals surface area contributed by atoms with Gasteiger partial charge in [0, 0.05) is 24.7 Å². The zero-order valence-electron chi connectivity index (χ0n) is 10.6. The predicted octanol–water partition coefficient (Wildman–Crippen LogP) is 0.420. The highest BCUT2D eigenvalue weighted by Crippen LogP contribution is 2.22. The maximum atomic E-state index is 14.0. The van der Waals surface area contributed by atoms with E-state index < -0.39 is 28.4 Å². The Bertz CT molecular complexity index is 537. The molecular weight excluding hydrogens is 269 g/mol. The summed E-state index contributed by atoms with van der Waals surface area (Å²) < 4.78 is 19.1. The van der Waals surface area contributed by atoms with E-state index in [0.29, 0.717) is 13.2 Å². The molecule has 1 fully saturated rings. The standard InChI is InChI=1S/C12H14FN3O4/c13-11-8(2-1-3-9(11)16(18)19)6-15-4-5-20-7-10(15)12(14)17/h1-3,10H,4-7H2,(H2,14,17). The SMILES string of the molecule is NC(=O)C1COCCN1Cc1cccc([N+](=O)[O-])c1F. The summed E-state index contributed by atoms with van der Waals surface area (Å²) in [5, 5.41) is 10.7. The molecule has 0 saturated carbocycles. The number of halogens is 1. The van der Waals surface area contributed by atoms with Crippen LogP contribution in [-0.4, -0.2) is 41.5 Å². The van der Waals surface area contributed by atoms with Gasteiger partial charge in [-0.15, -0.1) is 0 Å². The quantitative estimate of drug-likeness (QED) is 0.637. The van der Waals surface area contributed by atoms with Crippen LogP contribution in [0.4, 0.5) is 10.1 Å². The lowest BCUT2D eigenvalue weighted by atomic mass is 10.1. The molecule has 1 aromatic rings. The molecule has 1 saturated heterocycles. The smallest absolute Gasteiger partial charge is 0.305 e. The number of nitro groups is 1. The Labute approximate surface area is 114 Å². The van der Waals surface area contributed by atoms with Gasteiger partial charge in [-0.2, -0.15) is 4.39 Å². The van der Waals surface area contributed by atoms with Gasteiger partial charge in [-0.05, 0) is 0 Å². The summed E-state index contributed by atoms with van der Waals surface area (Å²) in [6.07, 6.45) is 0. The number of amides is 1. The van der Waals surface area contributed by atoms with Crippen LogP contribution in [0.2, 0.25) is 0 Å². The van der Waals surface area contributed by atoms with Gasteiger partial charge < -0.3 is 10.5 Å². The first-order valence-corrected chi connectivity index (χ1v) is 6.03. The van der Waals surface area contributed by atoms with Crippen LogP contribution in [-0.2, 0) is 16.1 Å². The van der Waals surface area contributed by atoms with E-state index in [1.54, 1.807) is 4.90 Å². The van der Waals surface area contributed by atoms with Crippen molar-refractivity contribution in [1.29, 1.82) is 0 Å². The fraction of sp³-hybridized carbons (Fsp3) is 0.417. The molecule has 1 atom stereocenters. The van der Waals surface area contributed by atoms with Crippen LogP contribution >= 0.6 is 0 Å². The summed E-state index contributed by atoms with van der Waals surface area (Å²) >= 11 is 0. The maximum absolute atomic E-state index is 14.0. The third-order valence-corrected chi connectivity index (χ3v) is 3.20. The van der Waals surface area contributed by atoms with Crippen molar-refractivity contribution in [3.8, 4) is 0 Å². The van der Waals surface area contributed by atoms with Crippen LogP contribution in [0.15, 0.2) is 18.2 Å². The lowest BCUT2D eigenvalue weighted by Gasteiger charge is -2.33. The van der Waals surface area contributed by atoms with E-state index in [4.69, 9.17) is 10.5 Å². The van der Waals surface area contributed by atoms with E-state index in [2.05, 4.69) is 0 Å². The van der Waals surface area contributed by atoms with E-state index in [1.807, 2.05) is 0 Å². The molecule has 2 rings (SSSR count). The second-order valence-corrected chi connectivity index (χ2v) is 4.47. The number of nitrogens with two attached hydrogens (primary N) is 1. The van der Waals surface area contributed by atoms with Crippen LogP contribution in [0, 0.1) is 15.9 Å². The molecule has 0 aromatic heterocycles. The molecule has 0 bridgehead atoms. The van der Waals surface area contributed by atoms with E-state index in [0.717, 1.165) is 6.07 Å². The molecule has 1 aromatic carbocycles. The Kier molecular flexibility index (Phi) is 4.26. The third-order valence-electron chi connectivity index (χ3n) is 3.20. The fourth-order valence-corrected chi connectivity index (χ4v) is 2.14. The molecule has 1 aliphatic rings. The van der Waals surface area contributed by atoms with Crippen LogP contribution in [0.5, 0.6) is 0 Å². The van der Waals surface area contributed by atoms with Crippen LogP contribution in [0.3, 0.4) is 0 Å². The van der Waals surface area contributed by atoms with Crippen molar-refractivity contribution < 1.29 is 18.8 Å².